The van der Waals surface area contributed by atoms with Gasteiger partial charge in [0.15, 0.2) is 0 Å². The first-order valence-corrected chi connectivity index (χ1v) is 4.04. The molecule has 76 valence electrons. The lowest BCUT2D eigenvalue weighted by molar-refractivity contribution is -0.191. The van der Waals surface area contributed by atoms with Crippen LogP contribution in [0.25, 0.3) is 0 Å². The lowest BCUT2D eigenvalue weighted by Crippen LogP contribution is -2.01. The Morgan fingerprint density at radius 2 is 1.79 bits per heavy atom. The number of aliphatic hydroxyl groups excluding tert-OH is 1. The van der Waals surface area contributed by atoms with E-state index in [1.807, 2.05) is 31.2 Å². The number of carbonyl (C=O) groups excluding carboxylic acids is 2. The number of rotatable bonds is 3. The average Bonchev–Trinajstić information content (AvgIpc) is 2.18. The summed E-state index contributed by atoms with van der Waals surface area (Å²) in [4.78, 5) is 16.2. The third-order valence-electron chi connectivity index (χ3n) is 1.38. The van der Waals surface area contributed by atoms with Crippen LogP contribution in [0.15, 0.2) is 24.3 Å². The molecule has 0 aliphatic heterocycles. The van der Waals surface area contributed by atoms with Gasteiger partial charge in [-0.3, -0.25) is 0 Å². The van der Waals surface area contributed by atoms with Crippen molar-refractivity contribution < 1.29 is 19.4 Å². The minimum absolute atomic E-state index is 0.0634. The van der Waals surface area contributed by atoms with Crippen molar-refractivity contribution in [2.75, 3.05) is 13.2 Å². The third-order valence-corrected chi connectivity index (χ3v) is 1.38. The molecule has 1 N–H and O–H groups in total. The number of ether oxygens (including phenoxy) is 1. The smallest absolute Gasteiger partial charge is 0.373 e. The monoisotopic (exact) mass is 196 g/mol. The van der Waals surface area contributed by atoms with Crippen molar-refractivity contribution in [3.05, 3.63) is 29.8 Å². The highest BCUT2D eigenvalue weighted by Gasteiger charge is 1.90. The fourth-order valence-corrected chi connectivity index (χ4v) is 0.798. The summed E-state index contributed by atoms with van der Waals surface area (Å²) < 4.78 is 5.16. The molecule has 0 fully saturated rings. The molecule has 1 aromatic rings. The molecule has 4 nitrogen and oxygen atoms in total. The Bertz CT molecular complexity index is 273. The summed E-state index contributed by atoms with van der Waals surface area (Å²) in [6, 6.07) is 7.75. The molecule has 0 spiro atoms. The van der Waals surface area contributed by atoms with Crippen molar-refractivity contribution in [1.82, 2.24) is 0 Å². The second-order valence-electron chi connectivity index (χ2n) is 2.47. The van der Waals surface area contributed by atoms with E-state index in [1.165, 1.54) is 5.56 Å². The summed E-state index contributed by atoms with van der Waals surface area (Å²) in [6.45, 7) is 2.45. The number of benzene rings is 1. The van der Waals surface area contributed by atoms with Gasteiger partial charge in [-0.25, -0.2) is 0 Å². The Balaban J connectivity index is 0.000000500. The second-order valence-corrected chi connectivity index (χ2v) is 2.47. The Hall–Kier alpha value is -1.64. The molecule has 0 radical (unpaired) electrons. The maximum absolute atomic E-state index is 8.46. The van der Waals surface area contributed by atoms with E-state index in [0.717, 1.165) is 5.75 Å². The highest BCUT2D eigenvalue weighted by Crippen LogP contribution is 2.10. The molecule has 0 bridgehead atoms. The third kappa shape index (κ3) is 5.94. The molecule has 1 rings (SSSR count). The van der Waals surface area contributed by atoms with Gasteiger partial charge < -0.3 is 9.84 Å². The normalized spacial score (nSPS) is 8.14. The van der Waals surface area contributed by atoms with E-state index in [9.17, 15) is 0 Å². The lowest BCUT2D eigenvalue weighted by atomic mass is 10.2. The highest BCUT2D eigenvalue weighted by atomic mass is 16.5. The molecule has 0 unspecified atom stereocenters. The van der Waals surface area contributed by atoms with Crippen LogP contribution in [0.1, 0.15) is 5.56 Å². The van der Waals surface area contributed by atoms with Crippen LogP contribution in [0.3, 0.4) is 0 Å². The van der Waals surface area contributed by atoms with Crippen molar-refractivity contribution in [2.45, 2.75) is 6.92 Å². The molecule has 0 heterocycles. The van der Waals surface area contributed by atoms with Gasteiger partial charge in [-0.05, 0) is 19.1 Å². The van der Waals surface area contributed by atoms with E-state index < -0.39 is 0 Å². The van der Waals surface area contributed by atoms with Crippen molar-refractivity contribution in [3.8, 4) is 5.75 Å². The van der Waals surface area contributed by atoms with Gasteiger partial charge >= 0.3 is 6.15 Å². The molecule has 0 aliphatic carbocycles. The van der Waals surface area contributed by atoms with Gasteiger partial charge in [0.1, 0.15) is 12.4 Å². The van der Waals surface area contributed by atoms with Crippen LogP contribution in [-0.4, -0.2) is 24.5 Å². The van der Waals surface area contributed by atoms with Crippen LogP contribution < -0.4 is 4.74 Å². The SMILES string of the molecule is Cc1ccc(OCCO)cc1.O=C=O. The fourth-order valence-electron chi connectivity index (χ4n) is 0.798. The summed E-state index contributed by atoms with van der Waals surface area (Å²) in [5, 5.41) is 8.46. The second kappa shape index (κ2) is 7.98. The molecule has 0 saturated heterocycles. The Morgan fingerprint density at radius 1 is 1.29 bits per heavy atom. The summed E-state index contributed by atoms with van der Waals surface area (Å²) in [7, 11) is 0. The van der Waals surface area contributed by atoms with Gasteiger partial charge in [0.25, 0.3) is 0 Å². The molecule has 0 atom stereocenters. The number of aliphatic hydroxyl groups is 1. The summed E-state index contributed by atoms with van der Waals surface area (Å²) in [5.41, 5.74) is 1.21. The first kappa shape index (κ1) is 12.4. The minimum atomic E-state index is 0.0634. The first-order chi connectivity index (χ1) is 6.74. The van der Waals surface area contributed by atoms with Crippen LogP contribution in [0.5, 0.6) is 5.75 Å². The molecule has 14 heavy (non-hydrogen) atoms. The maximum Gasteiger partial charge on any atom is 0.373 e. The van der Waals surface area contributed by atoms with Crippen LogP contribution >= 0.6 is 0 Å². The molecular formula is C10H12O4. The van der Waals surface area contributed by atoms with Crippen molar-refractivity contribution in [1.29, 1.82) is 0 Å². The average molecular weight is 196 g/mol. The number of hydrogen-bond acceptors (Lipinski definition) is 4. The summed E-state index contributed by atoms with van der Waals surface area (Å²) in [6.07, 6.45) is 0.250. The number of hydrogen-bond donors (Lipinski definition) is 1. The van der Waals surface area contributed by atoms with E-state index in [2.05, 4.69) is 0 Å². The molecule has 0 amide bonds. The van der Waals surface area contributed by atoms with Gasteiger partial charge in [0.05, 0.1) is 6.61 Å². The van der Waals surface area contributed by atoms with Gasteiger partial charge in [-0.2, -0.15) is 9.59 Å². The van der Waals surface area contributed by atoms with Crippen LogP contribution in [0.4, 0.5) is 0 Å². The molecule has 0 aliphatic rings. The van der Waals surface area contributed by atoms with Crippen molar-refractivity contribution in [2.24, 2.45) is 0 Å². The number of aryl methyl sites for hydroxylation is 1. The Kier molecular flexibility index (Phi) is 7.05. The van der Waals surface area contributed by atoms with Crippen LogP contribution in [0, 0.1) is 6.92 Å². The maximum atomic E-state index is 8.46. The van der Waals surface area contributed by atoms with E-state index in [0.29, 0.717) is 6.61 Å². The molecule has 1 aromatic carbocycles. The first-order valence-electron chi connectivity index (χ1n) is 4.04. The molecule has 4 heteroatoms. The van der Waals surface area contributed by atoms with E-state index >= 15 is 0 Å². The minimum Gasteiger partial charge on any atom is -0.491 e. The standard InChI is InChI=1S/C9H12O2.CO2/c1-8-2-4-9(5-3-8)11-7-6-10;2-1-3/h2-5,10H,6-7H2,1H3;. The predicted octanol–water partition coefficient (Wildman–Crippen LogP) is 0.783. The zero-order chi connectivity index (χ0) is 10.8. The molecule has 0 saturated carbocycles. The Labute approximate surface area is 82.1 Å². The summed E-state index contributed by atoms with van der Waals surface area (Å²) in [5.74, 6) is 0.810. The highest BCUT2D eigenvalue weighted by molar-refractivity contribution is 5.26. The van der Waals surface area contributed by atoms with E-state index in [4.69, 9.17) is 19.4 Å². The quantitative estimate of drug-likeness (QED) is 0.776. The van der Waals surface area contributed by atoms with Gasteiger partial charge in [-0.15, -0.1) is 0 Å². The zero-order valence-electron chi connectivity index (χ0n) is 7.90. The van der Waals surface area contributed by atoms with Crippen LogP contribution in [0.2, 0.25) is 0 Å². The topological polar surface area (TPSA) is 63.6 Å². The molecule has 0 aromatic heterocycles. The van der Waals surface area contributed by atoms with Crippen molar-refractivity contribution >= 4 is 6.15 Å². The van der Waals surface area contributed by atoms with Crippen LogP contribution in [-0.2, 0) is 9.59 Å². The van der Waals surface area contributed by atoms with Gasteiger partial charge in [-0.1, -0.05) is 17.7 Å². The lowest BCUT2D eigenvalue weighted by Gasteiger charge is -2.02. The fraction of sp³-hybridized carbons (Fsp3) is 0.300. The Morgan fingerprint density at radius 3 is 2.21 bits per heavy atom. The molecular weight excluding hydrogens is 184 g/mol. The summed E-state index contributed by atoms with van der Waals surface area (Å²) >= 11 is 0. The van der Waals surface area contributed by atoms with Crippen molar-refractivity contribution in [3.63, 3.8) is 0 Å². The largest absolute Gasteiger partial charge is 0.491 e. The predicted molar refractivity (Wildman–Crippen MR) is 48.8 cm³/mol. The van der Waals surface area contributed by atoms with Gasteiger partial charge in [0.2, 0.25) is 0 Å². The zero-order valence-corrected chi connectivity index (χ0v) is 7.90. The van der Waals surface area contributed by atoms with E-state index in [1.54, 1.807) is 0 Å². The van der Waals surface area contributed by atoms with Gasteiger partial charge in [0, 0.05) is 0 Å². The van der Waals surface area contributed by atoms with E-state index in [-0.39, 0.29) is 12.8 Å².